The summed E-state index contributed by atoms with van der Waals surface area (Å²) < 4.78 is 47.9. The van der Waals surface area contributed by atoms with Crippen molar-refractivity contribution in [1.29, 1.82) is 5.26 Å². The van der Waals surface area contributed by atoms with Gasteiger partial charge in [-0.2, -0.15) is 18.4 Å². The van der Waals surface area contributed by atoms with Crippen LogP contribution < -0.4 is 4.74 Å². The second-order valence-electron chi connectivity index (χ2n) is 5.79. The number of esters is 1. The molecule has 2 aromatic rings. The standard InChI is InChI=1S/C21H16F3NO3/c1-14(2)20(26)28-13-27-19-9-5-16(6-10-19)17(12-25)11-15-3-7-18(8-4-15)21(22,23)24/h3-11H,1,13H2,2H3/b17-11+. The summed E-state index contributed by atoms with van der Waals surface area (Å²) >= 11 is 0. The Labute approximate surface area is 160 Å². The molecular weight excluding hydrogens is 371 g/mol. The number of hydrogen-bond acceptors (Lipinski definition) is 4. The molecule has 7 heteroatoms. The second-order valence-corrected chi connectivity index (χ2v) is 5.79. The van der Waals surface area contributed by atoms with E-state index in [0.717, 1.165) is 12.1 Å². The van der Waals surface area contributed by atoms with Gasteiger partial charge in [0.2, 0.25) is 6.79 Å². The van der Waals surface area contributed by atoms with Crippen molar-refractivity contribution in [3.63, 3.8) is 0 Å². The first-order valence-electron chi connectivity index (χ1n) is 8.05. The monoisotopic (exact) mass is 387 g/mol. The molecule has 0 atom stereocenters. The molecule has 2 aromatic carbocycles. The highest BCUT2D eigenvalue weighted by Crippen LogP contribution is 2.29. The van der Waals surface area contributed by atoms with Crippen molar-refractivity contribution < 1.29 is 27.4 Å². The molecule has 0 spiro atoms. The van der Waals surface area contributed by atoms with Crippen LogP contribution in [0.25, 0.3) is 11.6 Å². The molecular formula is C21H16F3NO3. The number of alkyl halides is 3. The zero-order chi connectivity index (χ0) is 20.7. The summed E-state index contributed by atoms with van der Waals surface area (Å²) in [6, 6.07) is 13.0. The minimum atomic E-state index is -4.41. The maximum atomic E-state index is 12.6. The number of carbonyl (C=O) groups excluding carboxylic acids is 1. The van der Waals surface area contributed by atoms with Crippen LogP contribution in [0.5, 0.6) is 5.75 Å². The van der Waals surface area contributed by atoms with Crippen LogP contribution in [0.4, 0.5) is 13.2 Å². The molecule has 0 saturated heterocycles. The van der Waals surface area contributed by atoms with Crippen molar-refractivity contribution in [2.45, 2.75) is 13.1 Å². The second kappa shape index (κ2) is 8.91. The molecule has 0 unspecified atom stereocenters. The number of rotatable bonds is 6. The van der Waals surface area contributed by atoms with Crippen LogP contribution in [-0.2, 0) is 15.7 Å². The maximum absolute atomic E-state index is 12.6. The van der Waals surface area contributed by atoms with Gasteiger partial charge in [0.1, 0.15) is 5.75 Å². The van der Waals surface area contributed by atoms with Gasteiger partial charge in [0, 0.05) is 5.57 Å². The first-order valence-corrected chi connectivity index (χ1v) is 8.05. The number of hydrogen-bond donors (Lipinski definition) is 0. The first kappa shape index (κ1) is 20.8. The number of benzene rings is 2. The van der Waals surface area contributed by atoms with E-state index in [1.807, 2.05) is 6.07 Å². The van der Waals surface area contributed by atoms with Gasteiger partial charge in [-0.1, -0.05) is 18.7 Å². The Balaban J connectivity index is 2.08. The molecule has 2 rings (SSSR count). The predicted octanol–water partition coefficient (Wildman–Crippen LogP) is 5.23. The molecule has 0 amide bonds. The van der Waals surface area contributed by atoms with E-state index in [4.69, 9.17) is 9.47 Å². The molecule has 0 aliphatic rings. The van der Waals surface area contributed by atoms with Gasteiger partial charge in [-0.05, 0) is 60.5 Å². The quantitative estimate of drug-likeness (QED) is 0.224. The molecule has 0 heterocycles. The van der Waals surface area contributed by atoms with E-state index in [2.05, 4.69) is 6.58 Å². The molecule has 0 bridgehead atoms. The lowest BCUT2D eigenvalue weighted by atomic mass is 10.0. The Morgan fingerprint density at radius 2 is 1.75 bits per heavy atom. The molecule has 4 nitrogen and oxygen atoms in total. The number of nitriles is 1. The Morgan fingerprint density at radius 1 is 1.14 bits per heavy atom. The Kier molecular flexibility index (Phi) is 6.61. The molecule has 0 aliphatic heterocycles. The first-order chi connectivity index (χ1) is 13.2. The summed E-state index contributed by atoms with van der Waals surface area (Å²) in [5.41, 5.74) is 0.813. The highest BCUT2D eigenvalue weighted by Gasteiger charge is 2.29. The van der Waals surface area contributed by atoms with E-state index in [1.54, 1.807) is 24.3 Å². The Bertz CT molecular complexity index is 921. The molecule has 0 radical (unpaired) electrons. The van der Waals surface area contributed by atoms with E-state index in [1.165, 1.54) is 25.1 Å². The molecule has 0 saturated carbocycles. The fourth-order valence-electron chi connectivity index (χ4n) is 2.12. The van der Waals surface area contributed by atoms with Crippen molar-refractivity contribution in [2.75, 3.05) is 6.79 Å². The van der Waals surface area contributed by atoms with Crippen molar-refractivity contribution in [3.8, 4) is 11.8 Å². The molecule has 0 N–H and O–H groups in total. The van der Waals surface area contributed by atoms with Gasteiger partial charge < -0.3 is 9.47 Å². The van der Waals surface area contributed by atoms with E-state index < -0.39 is 17.7 Å². The van der Waals surface area contributed by atoms with E-state index in [0.29, 0.717) is 16.9 Å². The third-order valence-electron chi connectivity index (χ3n) is 3.60. The zero-order valence-corrected chi connectivity index (χ0v) is 14.9. The summed E-state index contributed by atoms with van der Waals surface area (Å²) in [4.78, 5) is 11.3. The number of nitrogens with zero attached hydrogens (tertiary/aromatic N) is 1. The average molecular weight is 387 g/mol. The van der Waals surface area contributed by atoms with E-state index >= 15 is 0 Å². The van der Waals surface area contributed by atoms with Crippen molar-refractivity contribution >= 4 is 17.6 Å². The molecule has 28 heavy (non-hydrogen) atoms. The predicted molar refractivity (Wildman–Crippen MR) is 97.8 cm³/mol. The van der Waals surface area contributed by atoms with Gasteiger partial charge in [0.25, 0.3) is 0 Å². The van der Waals surface area contributed by atoms with E-state index in [9.17, 15) is 23.2 Å². The lowest BCUT2D eigenvalue weighted by molar-refractivity contribution is -0.145. The van der Waals surface area contributed by atoms with Crippen molar-refractivity contribution in [1.82, 2.24) is 0 Å². The third-order valence-corrected chi connectivity index (χ3v) is 3.60. The molecule has 0 aromatic heterocycles. The highest BCUT2D eigenvalue weighted by atomic mass is 19.4. The van der Waals surface area contributed by atoms with Crippen LogP contribution >= 0.6 is 0 Å². The topological polar surface area (TPSA) is 59.3 Å². The van der Waals surface area contributed by atoms with Crippen LogP contribution in [0.15, 0.2) is 60.7 Å². The summed E-state index contributed by atoms with van der Waals surface area (Å²) in [5.74, 6) is -0.145. The normalized spacial score (nSPS) is 11.5. The zero-order valence-electron chi connectivity index (χ0n) is 14.9. The number of carbonyl (C=O) groups is 1. The van der Waals surface area contributed by atoms with Crippen molar-refractivity contribution in [2.24, 2.45) is 0 Å². The maximum Gasteiger partial charge on any atom is 0.416 e. The highest BCUT2D eigenvalue weighted by molar-refractivity contribution is 5.89. The van der Waals surface area contributed by atoms with Gasteiger partial charge in [0.05, 0.1) is 17.2 Å². The minimum absolute atomic E-state index is 0.256. The Hall–Kier alpha value is -3.53. The SMILES string of the molecule is C=C(C)C(=O)OCOc1ccc(/C(C#N)=C/c2ccc(C(F)(F)F)cc2)cc1. The average Bonchev–Trinajstić information content (AvgIpc) is 2.66. The van der Waals surface area contributed by atoms with Crippen LogP contribution in [0.3, 0.4) is 0 Å². The van der Waals surface area contributed by atoms with Crippen molar-refractivity contribution in [3.05, 3.63) is 77.4 Å². The minimum Gasteiger partial charge on any atom is -0.457 e. The summed E-state index contributed by atoms with van der Waals surface area (Å²) in [6.07, 6.45) is -2.92. The summed E-state index contributed by atoms with van der Waals surface area (Å²) in [6.45, 7) is 4.69. The summed E-state index contributed by atoms with van der Waals surface area (Å²) in [5, 5.41) is 9.35. The lowest BCUT2D eigenvalue weighted by Crippen LogP contribution is -2.10. The number of halogens is 3. The fraction of sp³-hybridized carbons (Fsp3) is 0.143. The third kappa shape index (κ3) is 5.74. The van der Waals surface area contributed by atoms with Crippen LogP contribution in [0.1, 0.15) is 23.6 Å². The van der Waals surface area contributed by atoms with Crippen LogP contribution in [0, 0.1) is 11.3 Å². The number of ether oxygens (including phenoxy) is 2. The largest absolute Gasteiger partial charge is 0.457 e. The number of allylic oxidation sites excluding steroid dienone is 1. The Morgan fingerprint density at radius 3 is 2.25 bits per heavy atom. The van der Waals surface area contributed by atoms with Crippen LogP contribution in [0.2, 0.25) is 0 Å². The summed E-state index contributed by atoms with van der Waals surface area (Å²) in [7, 11) is 0. The van der Waals surface area contributed by atoms with E-state index in [-0.39, 0.29) is 17.9 Å². The molecule has 0 aliphatic carbocycles. The molecule has 144 valence electrons. The van der Waals surface area contributed by atoms with Gasteiger partial charge in [-0.25, -0.2) is 4.79 Å². The van der Waals surface area contributed by atoms with Gasteiger partial charge >= 0.3 is 12.1 Å². The van der Waals surface area contributed by atoms with Gasteiger partial charge in [0.15, 0.2) is 0 Å². The van der Waals surface area contributed by atoms with Crippen LogP contribution in [-0.4, -0.2) is 12.8 Å². The molecule has 0 fully saturated rings. The van der Waals surface area contributed by atoms with Gasteiger partial charge in [-0.15, -0.1) is 0 Å². The smallest absolute Gasteiger partial charge is 0.416 e. The fourth-order valence-corrected chi connectivity index (χ4v) is 2.12. The lowest BCUT2D eigenvalue weighted by Gasteiger charge is -2.08. The van der Waals surface area contributed by atoms with Gasteiger partial charge in [-0.3, -0.25) is 0 Å².